The maximum absolute atomic E-state index is 11.3. The van der Waals surface area contributed by atoms with Gasteiger partial charge in [-0.05, 0) is 36.8 Å². The molecule has 0 radical (unpaired) electrons. The molecule has 0 saturated heterocycles. The molecule has 3 aromatic rings. The topological polar surface area (TPSA) is 56.2 Å². The van der Waals surface area contributed by atoms with Crippen molar-refractivity contribution in [2.24, 2.45) is 0 Å². The Bertz CT molecular complexity index is 871. The number of fused-ring (bicyclic) bond motifs is 1. The van der Waals surface area contributed by atoms with Crippen molar-refractivity contribution in [2.75, 3.05) is 13.2 Å². The Kier molecular flexibility index (Phi) is 6.04. The van der Waals surface area contributed by atoms with Gasteiger partial charge in [0, 0.05) is 19.5 Å². The summed E-state index contributed by atoms with van der Waals surface area (Å²) in [5, 5.41) is 2.81. The fourth-order valence-corrected chi connectivity index (χ4v) is 2.86. The van der Waals surface area contributed by atoms with Crippen LogP contribution in [0.15, 0.2) is 67.3 Å². The molecule has 5 nitrogen and oxygen atoms in total. The average Bonchev–Trinajstić information content (AvgIpc) is 3.03. The van der Waals surface area contributed by atoms with Gasteiger partial charge in [-0.1, -0.05) is 36.9 Å². The van der Waals surface area contributed by atoms with Crippen molar-refractivity contribution in [3.8, 4) is 5.75 Å². The van der Waals surface area contributed by atoms with Gasteiger partial charge in [-0.25, -0.2) is 4.98 Å². The van der Waals surface area contributed by atoms with E-state index in [1.165, 1.54) is 6.08 Å². The van der Waals surface area contributed by atoms with Crippen LogP contribution >= 0.6 is 0 Å². The lowest BCUT2D eigenvalue weighted by molar-refractivity contribution is -0.116. The molecule has 3 rings (SSSR count). The number of amides is 1. The molecule has 0 saturated carbocycles. The molecule has 0 aliphatic heterocycles. The third-order valence-corrected chi connectivity index (χ3v) is 4.10. The van der Waals surface area contributed by atoms with Gasteiger partial charge in [-0.15, -0.1) is 0 Å². The Morgan fingerprint density at radius 1 is 1.15 bits per heavy atom. The van der Waals surface area contributed by atoms with Crippen LogP contribution in [-0.4, -0.2) is 28.6 Å². The van der Waals surface area contributed by atoms with E-state index in [1.54, 1.807) is 0 Å². The summed E-state index contributed by atoms with van der Waals surface area (Å²) in [4.78, 5) is 16.0. The highest BCUT2D eigenvalue weighted by Gasteiger charge is 2.10. The molecular weight excluding hydrogens is 326 g/mol. The fraction of sp³-hybridized carbons (Fsp3) is 0.238. The normalized spacial score (nSPS) is 10.6. The average molecular weight is 349 g/mol. The second kappa shape index (κ2) is 8.85. The van der Waals surface area contributed by atoms with Crippen molar-refractivity contribution < 1.29 is 9.53 Å². The fourth-order valence-electron chi connectivity index (χ4n) is 2.86. The first-order valence-electron chi connectivity index (χ1n) is 8.80. The number of hydrogen-bond acceptors (Lipinski definition) is 3. The lowest BCUT2D eigenvalue weighted by atomic mass is 10.3. The molecule has 0 unspecified atom stereocenters. The van der Waals surface area contributed by atoms with Crippen LogP contribution < -0.4 is 10.1 Å². The van der Waals surface area contributed by atoms with Crippen LogP contribution in [0.3, 0.4) is 0 Å². The molecule has 0 aliphatic carbocycles. The SMILES string of the molecule is C=CC(=O)NCCc1nc2ccccc2n1CCCOc1ccccc1. The van der Waals surface area contributed by atoms with Crippen molar-refractivity contribution in [3.05, 3.63) is 73.1 Å². The zero-order chi connectivity index (χ0) is 18.2. The second-order valence-electron chi connectivity index (χ2n) is 5.93. The molecule has 0 fully saturated rings. The van der Waals surface area contributed by atoms with Crippen LogP contribution in [0.2, 0.25) is 0 Å². The van der Waals surface area contributed by atoms with E-state index in [2.05, 4.69) is 22.5 Å². The summed E-state index contributed by atoms with van der Waals surface area (Å²) in [5.74, 6) is 1.69. The van der Waals surface area contributed by atoms with Gasteiger partial charge in [0.25, 0.3) is 0 Å². The van der Waals surface area contributed by atoms with Gasteiger partial charge in [0.2, 0.25) is 5.91 Å². The van der Waals surface area contributed by atoms with E-state index in [0.29, 0.717) is 19.6 Å². The van der Waals surface area contributed by atoms with Crippen LogP contribution in [0.25, 0.3) is 11.0 Å². The minimum Gasteiger partial charge on any atom is -0.494 e. The Morgan fingerprint density at radius 3 is 2.73 bits per heavy atom. The number of rotatable bonds is 9. The number of benzene rings is 2. The molecule has 0 spiro atoms. The largest absolute Gasteiger partial charge is 0.494 e. The lowest BCUT2D eigenvalue weighted by Gasteiger charge is -2.10. The Balaban J connectivity index is 1.64. The van der Waals surface area contributed by atoms with E-state index in [1.807, 2.05) is 48.5 Å². The highest BCUT2D eigenvalue weighted by molar-refractivity contribution is 5.86. The highest BCUT2D eigenvalue weighted by Crippen LogP contribution is 2.17. The monoisotopic (exact) mass is 349 g/mol. The Morgan fingerprint density at radius 2 is 1.92 bits per heavy atom. The van der Waals surface area contributed by atoms with E-state index in [9.17, 15) is 4.79 Å². The molecule has 1 heterocycles. The Labute approximate surface area is 153 Å². The van der Waals surface area contributed by atoms with E-state index in [4.69, 9.17) is 9.72 Å². The van der Waals surface area contributed by atoms with Crippen LogP contribution in [0, 0.1) is 0 Å². The summed E-state index contributed by atoms with van der Waals surface area (Å²) in [7, 11) is 0. The number of ether oxygens (including phenoxy) is 1. The first-order valence-corrected chi connectivity index (χ1v) is 8.80. The van der Waals surface area contributed by atoms with E-state index in [-0.39, 0.29) is 5.91 Å². The Hall–Kier alpha value is -3.08. The highest BCUT2D eigenvalue weighted by atomic mass is 16.5. The van der Waals surface area contributed by atoms with E-state index < -0.39 is 0 Å². The number of carbonyl (C=O) groups is 1. The van der Waals surface area contributed by atoms with Gasteiger partial charge in [0.05, 0.1) is 17.6 Å². The molecule has 1 aromatic heterocycles. The summed E-state index contributed by atoms with van der Waals surface area (Å²) in [6.45, 7) is 5.46. The van der Waals surface area contributed by atoms with Gasteiger partial charge in [0.15, 0.2) is 0 Å². The quantitative estimate of drug-likeness (QED) is 0.476. The van der Waals surface area contributed by atoms with E-state index >= 15 is 0 Å². The van der Waals surface area contributed by atoms with Crippen molar-refractivity contribution in [3.63, 3.8) is 0 Å². The lowest BCUT2D eigenvalue weighted by Crippen LogP contribution is -2.24. The molecule has 0 aliphatic rings. The summed E-state index contributed by atoms with van der Waals surface area (Å²) < 4.78 is 7.99. The van der Waals surface area contributed by atoms with Crippen LogP contribution in [-0.2, 0) is 17.8 Å². The second-order valence-corrected chi connectivity index (χ2v) is 5.93. The summed E-state index contributed by atoms with van der Waals surface area (Å²) in [6.07, 6.45) is 2.83. The van der Waals surface area contributed by atoms with Gasteiger partial charge in [-0.3, -0.25) is 4.79 Å². The first-order chi connectivity index (χ1) is 12.8. The molecule has 1 N–H and O–H groups in total. The summed E-state index contributed by atoms with van der Waals surface area (Å²) in [6, 6.07) is 17.9. The molecule has 134 valence electrons. The number of carbonyl (C=O) groups excluding carboxylic acids is 1. The predicted octanol–water partition coefficient (Wildman–Crippen LogP) is 3.35. The molecule has 5 heteroatoms. The zero-order valence-corrected chi connectivity index (χ0v) is 14.7. The van der Waals surface area contributed by atoms with Gasteiger partial charge < -0.3 is 14.6 Å². The molecule has 0 atom stereocenters. The first kappa shape index (κ1) is 17.7. The van der Waals surface area contributed by atoms with Gasteiger partial charge in [0.1, 0.15) is 11.6 Å². The zero-order valence-electron chi connectivity index (χ0n) is 14.7. The van der Waals surface area contributed by atoms with Crippen molar-refractivity contribution in [2.45, 2.75) is 19.4 Å². The van der Waals surface area contributed by atoms with Gasteiger partial charge in [-0.2, -0.15) is 0 Å². The smallest absolute Gasteiger partial charge is 0.243 e. The number of aromatic nitrogens is 2. The molecule has 0 bridgehead atoms. The standard InChI is InChI=1S/C21H23N3O2/c1-2-21(25)22-14-13-20-23-18-11-6-7-12-19(18)24(20)15-8-16-26-17-9-4-3-5-10-17/h2-7,9-12H,1,8,13-16H2,(H,22,25). The molecule has 2 aromatic carbocycles. The van der Waals surface area contributed by atoms with Crippen molar-refractivity contribution in [1.82, 2.24) is 14.9 Å². The van der Waals surface area contributed by atoms with E-state index in [0.717, 1.165) is 35.6 Å². The molecule has 26 heavy (non-hydrogen) atoms. The van der Waals surface area contributed by atoms with Crippen LogP contribution in [0.4, 0.5) is 0 Å². The number of imidazole rings is 1. The maximum atomic E-state index is 11.3. The van der Waals surface area contributed by atoms with Crippen LogP contribution in [0.1, 0.15) is 12.2 Å². The summed E-state index contributed by atoms with van der Waals surface area (Å²) >= 11 is 0. The van der Waals surface area contributed by atoms with Crippen molar-refractivity contribution in [1.29, 1.82) is 0 Å². The molecule has 1 amide bonds. The predicted molar refractivity (Wildman–Crippen MR) is 103 cm³/mol. The van der Waals surface area contributed by atoms with Crippen LogP contribution in [0.5, 0.6) is 5.75 Å². The number of nitrogens with one attached hydrogen (secondary N) is 1. The number of aryl methyl sites for hydroxylation is 1. The van der Waals surface area contributed by atoms with Gasteiger partial charge >= 0.3 is 0 Å². The summed E-state index contributed by atoms with van der Waals surface area (Å²) in [5.41, 5.74) is 2.08. The molecular formula is C21H23N3O2. The minimum atomic E-state index is -0.163. The number of nitrogens with zero attached hydrogens (tertiary/aromatic N) is 2. The minimum absolute atomic E-state index is 0.163. The third kappa shape index (κ3) is 4.51. The maximum Gasteiger partial charge on any atom is 0.243 e. The number of para-hydroxylation sites is 3. The van der Waals surface area contributed by atoms with Crippen molar-refractivity contribution >= 4 is 16.9 Å². The third-order valence-electron chi connectivity index (χ3n) is 4.10. The number of hydrogen-bond donors (Lipinski definition) is 1.